The number of nitrogens with one attached hydrogen (secondary N) is 2. The number of esters is 1. The van der Waals surface area contributed by atoms with Crippen molar-refractivity contribution < 1.29 is 42.8 Å². The molecule has 4 N–H and O–H groups in total. The molecule has 3 aliphatic rings. The molecule has 0 radical (unpaired) electrons. The summed E-state index contributed by atoms with van der Waals surface area (Å²) in [4.78, 5) is 45.2. The minimum absolute atomic E-state index is 0.00261. The Morgan fingerprint density at radius 1 is 1.19 bits per heavy atom. The molecule has 53 heavy (non-hydrogen) atoms. The van der Waals surface area contributed by atoms with Gasteiger partial charge in [-0.3, -0.25) is 14.2 Å². The van der Waals surface area contributed by atoms with Gasteiger partial charge in [-0.15, -0.1) is 0 Å². The fourth-order valence-corrected chi connectivity index (χ4v) is 9.20. The summed E-state index contributed by atoms with van der Waals surface area (Å²) in [5.41, 5.74) is 2.57. The number of aliphatic hydroxyl groups excluding tert-OH is 1. The standard InChI is InChI=1S/C37H38FN4O9PS/c1-3-37(47)26-16-30-33-24(18-42(30)35(45)25(26)19-50-36(37)46)32-28(9-8-23-20(2)27(38)17-29(39-33)31(23)32)40-34(44)21-4-6-22(7-5-21)41-52(48,14-15-53)51-13-12-49-11-10-43/h4-7,14-17,28,43,47,53H,3,8-13,18-19H2,1-2H3,(H,40,44)(H,41,48)/b15-14-/t28-,37-,52?/m0/s1. The van der Waals surface area contributed by atoms with Crippen LogP contribution in [0.3, 0.4) is 0 Å². The van der Waals surface area contributed by atoms with Crippen LogP contribution in [0.25, 0.3) is 22.3 Å². The van der Waals surface area contributed by atoms with Gasteiger partial charge in [-0.2, -0.15) is 12.6 Å². The fourth-order valence-electron chi connectivity index (χ4n) is 7.42. The van der Waals surface area contributed by atoms with E-state index in [0.29, 0.717) is 52.1 Å². The Bertz CT molecular complexity index is 2300. The molecule has 0 fully saturated rings. The van der Waals surface area contributed by atoms with Crippen molar-refractivity contribution in [2.45, 2.75) is 57.9 Å². The number of carbonyl (C=O) groups is 2. The Labute approximate surface area is 309 Å². The van der Waals surface area contributed by atoms with Crippen LogP contribution in [0.4, 0.5) is 10.1 Å². The topological polar surface area (TPSA) is 178 Å². The Morgan fingerprint density at radius 2 is 1.96 bits per heavy atom. The molecule has 2 aromatic heterocycles. The number of cyclic esters (lactones) is 1. The first kappa shape index (κ1) is 37.0. The number of anilines is 1. The number of halogens is 1. The van der Waals surface area contributed by atoms with Gasteiger partial charge in [-0.05, 0) is 78.6 Å². The molecule has 0 saturated carbocycles. The molecule has 13 nitrogen and oxygen atoms in total. The Kier molecular flexibility index (Phi) is 10.1. The molecule has 0 bridgehead atoms. The van der Waals surface area contributed by atoms with Crippen LogP contribution < -0.4 is 16.0 Å². The fraction of sp³-hybridized carbons (Fsp3) is 0.351. The van der Waals surface area contributed by atoms with Gasteiger partial charge in [-0.1, -0.05) is 6.92 Å². The molecule has 7 rings (SSSR count). The van der Waals surface area contributed by atoms with E-state index in [2.05, 4.69) is 23.0 Å². The van der Waals surface area contributed by atoms with Crippen LogP contribution in [-0.4, -0.2) is 58.1 Å². The van der Waals surface area contributed by atoms with Gasteiger partial charge in [0.15, 0.2) is 5.60 Å². The number of amides is 1. The lowest BCUT2D eigenvalue weighted by molar-refractivity contribution is -0.172. The van der Waals surface area contributed by atoms with Crippen LogP contribution in [0.1, 0.15) is 69.5 Å². The Morgan fingerprint density at radius 3 is 2.68 bits per heavy atom. The van der Waals surface area contributed by atoms with E-state index < -0.39 is 36.5 Å². The number of thiol groups is 1. The minimum atomic E-state index is -3.52. The maximum atomic E-state index is 15.3. The lowest BCUT2D eigenvalue weighted by Crippen LogP contribution is -2.44. The first-order valence-electron chi connectivity index (χ1n) is 17.2. The van der Waals surface area contributed by atoms with Crippen molar-refractivity contribution in [1.82, 2.24) is 14.9 Å². The van der Waals surface area contributed by atoms with E-state index in [-0.39, 0.29) is 63.0 Å². The smallest absolute Gasteiger partial charge is 0.343 e. The molecule has 16 heteroatoms. The lowest BCUT2D eigenvalue weighted by Gasteiger charge is -2.31. The monoisotopic (exact) mass is 764 g/mol. The highest BCUT2D eigenvalue weighted by Crippen LogP contribution is 2.49. The number of carbonyl (C=O) groups excluding carboxylic acids is 2. The van der Waals surface area contributed by atoms with Crippen molar-refractivity contribution in [3.05, 3.63) is 103 Å². The molecular formula is C37H38FN4O9PS. The highest BCUT2D eigenvalue weighted by atomic mass is 32.1. The van der Waals surface area contributed by atoms with Gasteiger partial charge < -0.3 is 39.2 Å². The van der Waals surface area contributed by atoms with Gasteiger partial charge in [0.25, 0.3) is 11.5 Å². The van der Waals surface area contributed by atoms with E-state index >= 15 is 4.39 Å². The van der Waals surface area contributed by atoms with Gasteiger partial charge in [0, 0.05) is 39.6 Å². The highest BCUT2D eigenvalue weighted by Gasteiger charge is 2.46. The third-order valence-corrected chi connectivity index (χ3v) is 12.2. The zero-order valence-corrected chi connectivity index (χ0v) is 30.8. The predicted octanol–water partition coefficient (Wildman–Crippen LogP) is 4.98. The number of nitrogens with zero attached hydrogens (tertiary/aromatic N) is 2. The van der Waals surface area contributed by atoms with Gasteiger partial charge >= 0.3 is 13.5 Å². The normalized spacial score (nSPS) is 19.7. The number of fused-ring (bicyclic) bond motifs is 5. The van der Waals surface area contributed by atoms with Gasteiger partial charge in [0.2, 0.25) is 0 Å². The van der Waals surface area contributed by atoms with Crippen molar-refractivity contribution in [2.24, 2.45) is 0 Å². The van der Waals surface area contributed by atoms with Crippen LogP contribution in [0.5, 0.6) is 0 Å². The van der Waals surface area contributed by atoms with Crippen molar-refractivity contribution in [2.75, 3.05) is 31.5 Å². The number of ether oxygens (including phenoxy) is 2. The molecule has 4 aromatic rings. The molecule has 4 heterocycles. The van der Waals surface area contributed by atoms with Crippen LogP contribution in [0.15, 0.2) is 52.4 Å². The van der Waals surface area contributed by atoms with E-state index in [0.717, 1.165) is 16.5 Å². The SMILES string of the molecule is CC[C@@]1(O)C(=O)OCc2c1cc1n(c2=O)Cc2c-1nc1cc(F)c(C)c3c1c2[C@@H](NC(=O)c1ccc(NP(=O)(/C=C\S)OCCOCCO)cc1)CC3. The average Bonchev–Trinajstić information content (AvgIpc) is 3.51. The second kappa shape index (κ2) is 14.5. The molecular weight excluding hydrogens is 726 g/mol. The second-order valence-electron chi connectivity index (χ2n) is 13.1. The minimum Gasteiger partial charge on any atom is -0.458 e. The largest absolute Gasteiger partial charge is 0.458 e. The number of rotatable bonds is 12. The van der Waals surface area contributed by atoms with Crippen molar-refractivity contribution in [3.63, 3.8) is 0 Å². The van der Waals surface area contributed by atoms with Gasteiger partial charge in [0.05, 0.1) is 61.5 Å². The van der Waals surface area contributed by atoms with Gasteiger partial charge in [0.1, 0.15) is 12.4 Å². The maximum Gasteiger partial charge on any atom is 0.343 e. The number of aryl methyl sites for hydroxylation is 1. The van der Waals surface area contributed by atoms with E-state index in [4.69, 9.17) is 24.1 Å². The predicted molar refractivity (Wildman–Crippen MR) is 197 cm³/mol. The van der Waals surface area contributed by atoms with E-state index in [1.54, 1.807) is 44.2 Å². The summed E-state index contributed by atoms with van der Waals surface area (Å²) in [5, 5.41) is 28.2. The summed E-state index contributed by atoms with van der Waals surface area (Å²) >= 11 is 4.03. The molecule has 3 atom stereocenters. The van der Waals surface area contributed by atoms with Crippen LogP contribution >= 0.6 is 20.1 Å². The second-order valence-corrected chi connectivity index (χ2v) is 15.4. The van der Waals surface area contributed by atoms with E-state index in [1.807, 2.05) is 0 Å². The molecule has 0 spiro atoms. The average molecular weight is 765 g/mol. The lowest BCUT2D eigenvalue weighted by atomic mass is 9.81. The number of aliphatic hydroxyl groups is 2. The number of benzene rings is 2. The van der Waals surface area contributed by atoms with Gasteiger partial charge in [-0.25, -0.2) is 14.2 Å². The van der Waals surface area contributed by atoms with Crippen LogP contribution in [0.2, 0.25) is 0 Å². The Hall–Kier alpha value is -4.37. The van der Waals surface area contributed by atoms with Crippen LogP contribution in [0, 0.1) is 12.7 Å². The highest BCUT2D eigenvalue weighted by molar-refractivity contribution is 7.84. The van der Waals surface area contributed by atoms with Crippen molar-refractivity contribution >= 4 is 48.6 Å². The summed E-state index contributed by atoms with van der Waals surface area (Å²) in [5.74, 6) is -0.335. The molecule has 0 saturated heterocycles. The van der Waals surface area contributed by atoms with E-state index in [1.165, 1.54) is 21.9 Å². The summed E-state index contributed by atoms with van der Waals surface area (Å²) in [6, 6.07) is 8.80. The first-order chi connectivity index (χ1) is 25.4. The Balaban J connectivity index is 1.22. The molecule has 1 amide bonds. The number of hydrogen-bond acceptors (Lipinski definition) is 11. The summed E-state index contributed by atoms with van der Waals surface area (Å²) in [7, 11) is -3.52. The third kappa shape index (κ3) is 6.49. The number of pyridine rings is 2. The number of aromatic nitrogens is 2. The molecule has 2 aliphatic heterocycles. The molecule has 2 aromatic carbocycles. The zero-order chi connectivity index (χ0) is 37.7. The summed E-state index contributed by atoms with van der Waals surface area (Å²) in [6.45, 7) is 3.31. The molecule has 1 aliphatic carbocycles. The maximum absolute atomic E-state index is 15.3. The molecule has 1 unspecified atom stereocenters. The zero-order valence-electron chi connectivity index (χ0n) is 29.0. The third-order valence-electron chi connectivity index (χ3n) is 10.1. The molecule has 278 valence electrons. The van der Waals surface area contributed by atoms with Crippen molar-refractivity contribution in [1.29, 1.82) is 0 Å². The summed E-state index contributed by atoms with van der Waals surface area (Å²) < 4.78 is 46.1. The van der Waals surface area contributed by atoms with Crippen molar-refractivity contribution in [3.8, 4) is 11.4 Å². The van der Waals surface area contributed by atoms with E-state index in [9.17, 15) is 24.1 Å². The summed E-state index contributed by atoms with van der Waals surface area (Å²) in [6.07, 6.45) is 0.919. The van der Waals surface area contributed by atoms with Crippen LogP contribution in [-0.2, 0) is 48.5 Å². The first-order valence-corrected chi connectivity index (χ1v) is 19.4. The number of hydrogen-bond donors (Lipinski definition) is 5. The quantitative estimate of drug-likeness (QED) is 0.0501.